The lowest BCUT2D eigenvalue weighted by Gasteiger charge is -2.08. The van der Waals surface area contributed by atoms with Crippen LogP contribution in [0.3, 0.4) is 0 Å². The number of nitrogens with zero attached hydrogens (tertiary/aromatic N) is 2. The summed E-state index contributed by atoms with van der Waals surface area (Å²) in [5, 5.41) is 9.59. The number of carbonyl (C=O) groups excluding carboxylic acids is 3. The van der Waals surface area contributed by atoms with Gasteiger partial charge in [-0.15, -0.1) is 6.42 Å². The quantitative estimate of drug-likeness (QED) is 0.401. The standard InChI is InChI=1S/C20H18N4O4/c1-5-8-21-20(27)18(25)16-11(2)17(24(4)12(16)3)19(26)23-14-6-7-15-13(9-14)10-22-28-15/h1,6-7,9-10H,8H2,2-4H3,(H,21,27)(H,23,26). The Morgan fingerprint density at radius 1 is 1.29 bits per heavy atom. The Morgan fingerprint density at radius 2 is 2.04 bits per heavy atom. The summed E-state index contributed by atoms with van der Waals surface area (Å²) in [5.74, 6) is 0.305. The van der Waals surface area contributed by atoms with Crippen LogP contribution in [-0.2, 0) is 11.8 Å². The van der Waals surface area contributed by atoms with Crippen LogP contribution in [0.1, 0.15) is 32.1 Å². The van der Waals surface area contributed by atoms with Crippen LogP contribution in [0.25, 0.3) is 11.0 Å². The van der Waals surface area contributed by atoms with Gasteiger partial charge in [0.1, 0.15) is 5.69 Å². The number of hydrogen-bond acceptors (Lipinski definition) is 5. The summed E-state index contributed by atoms with van der Waals surface area (Å²) in [6.07, 6.45) is 6.65. The van der Waals surface area contributed by atoms with E-state index in [0.29, 0.717) is 22.5 Å². The van der Waals surface area contributed by atoms with Gasteiger partial charge in [0.15, 0.2) is 5.58 Å². The minimum Gasteiger partial charge on any atom is -0.356 e. The number of Topliss-reactive ketones (excluding diaryl/α,β-unsaturated/α-hetero) is 1. The molecule has 1 aromatic carbocycles. The fraction of sp³-hybridized carbons (Fsp3) is 0.200. The molecule has 0 fully saturated rings. The molecule has 0 aliphatic heterocycles. The lowest BCUT2D eigenvalue weighted by atomic mass is 10.0. The number of benzene rings is 1. The number of amides is 2. The van der Waals surface area contributed by atoms with Crippen molar-refractivity contribution in [3.63, 3.8) is 0 Å². The molecule has 0 bridgehead atoms. The van der Waals surface area contributed by atoms with E-state index in [4.69, 9.17) is 10.9 Å². The summed E-state index contributed by atoms with van der Waals surface area (Å²) in [7, 11) is 1.66. The van der Waals surface area contributed by atoms with E-state index in [2.05, 4.69) is 21.7 Å². The van der Waals surface area contributed by atoms with Crippen molar-refractivity contribution in [3.8, 4) is 12.3 Å². The lowest BCUT2D eigenvalue weighted by molar-refractivity contribution is -0.116. The van der Waals surface area contributed by atoms with Gasteiger partial charge in [-0.25, -0.2) is 0 Å². The first-order valence-electron chi connectivity index (χ1n) is 8.42. The van der Waals surface area contributed by atoms with Crippen LogP contribution in [-0.4, -0.2) is 33.9 Å². The van der Waals surface area contributed by atoms with Crippen LogP contribution in [0, 0.1) is 26.2 Å². The molecule has 0 unspecified atom stereocenters. The number of anilines is 1. The van der Waals surface area contributed by atoms with E-state index < -0.39 is 17.6 Å². The number of fused-ring (bicyclic) bond motifs is 1. The van der Waals surface area contributed by atoms with Crippen molar-refractivity contribution in [2.45, 2.75) is 13.8 Å². The molecule has 0 saturated carbocycles. The van der Waals surface area contributed by atoms with E-state index in [0.717, 1.165) is 5.39 Å². The maximum Gasteiger partial charge on any atom is 0.293 e. The monoisotopic (exact) mass is 378 g/mol. The van der Waals surface area contributed by atoms with Crippen molar-refractivity contribution in [2.75, 3.05) is 11.9 Å². The van der Waals surface area contributed by atoms with E-state index in [-0.39, 0.29) is 17.8 Å². The third kappa shape index (κ3) is 3.25. The van der Waals surface area contributed by atoms with Gasteiger partial charge in [0.2, 0.25) is 0 Å². The average molecular weight is 378 g/mol. The maximum atomic E-state index is 12.9. The number of terminal acetylenes is 1. The fourth-order valence-corrected chi connectivity index (χ4v) is 3.10. The molecule has 2 N–H and O–H groups in total. The molecule has 3 aromatic rings. The first-order chi connectivity index (χ1) is 13.3. The summed E-state index contributed by atoms with van der Waals surface area (Å²) >= 11 is 0. The van der Waals surface area contributed by atoms with Crippen molar-refractivity contribution in [2.24, 2.45) is 7.05 Å². The van der Waals surface area contributed by atoms with Gasteiger partial charge in [0.05, 0.1) is 18.3 Å². The highest BCUT2D eigenvalue weighted by atomic mass is 16.5. The summed E-state index contributed by atoms with van der Waals surface area (Å²) in [4.78, 5) is 37.4. The smallest absolute Gasteiger partial charge is 0.293 e. The zero-order valence-corrected chi connectivity index (χ0v) is 15.6. The molecule has 2 amide bonds. The molecule has 0 radical (unpaired) electrons. The number of aromatic nitrogens is 2. The molecule has 0 atom stereocenters. The molecule has 8 nitrogen and oxygen atoms in total. The Hall–Kier alpha value is -3.86. The first-order valence-corrected chi connectivity index (χ1v) is 8.42. The molecule has 0 aliphatic carbocycles. The summed E-state index contributed by atoms with van der Waals surface area (Å²) in [5.41, 5.74) is 2.57. The molecule has 2 aromatic heterocycles. The second-order valence-corrected chi connectivity index (χ2v) is 6.24. The fourth-order valence-electron chi connectivity index (χ4n) is 3.10. The molecular formula is C20H18N4O4. The van der Waals surface area contributed by atoms with E-state index in [9.17, 15) is 14.4 Å². The molecule has 0 aliphatic rings. The predicted octanol–water partition coefficient (Wildman–Crippen LogP) is 1.97. The number of ketones is 1. The van der Waals surface area contributed by atoms with E-state index in [1.807, 2.05) is 0 Å². The van der Waals surface area contributed by atoms with E-state index in [1.54, 1.807) is 49.9 Å². The predicted molar refractivity (Wildman–Crippen MR) is 103 cm³/mol. The Balaban J connectivity index is 1.91. The molecular weight excluding hydrogens is 360 g/mol. The third-order valence-electron chi connectivity index (χ3n) is 4.54. The third-order valence-corrected chi connectivity index (χ3v) is 4.54. The average Bonchev–Trinajstić information content (AvgIpc) is 3.21. The Labute approximate surface area is 160 Å². The van der Waals surface area contributed by atoms with Gasteiger partial charge >= 0.3 is 0 Å². The Bertz CT molecular complexity index is 1150. The molecule has 28 heavy (non-hydrogen) atoms. The summed E-state index contributed by atoms with van der Waals surface area (Å²) < 4.78 is 6.63. The van der Waals surface area contributed by atoms with Gasteiger partial charge in [-0.05, 0) is 37.6 Å². The molecule has 0 saturated heterocycles. The van der Waals surface area contributed by atoms with E-state index in [1.165, 1.54) is 0 Å². The molecule has 8 heteroatoms. The normalized spacial score (nSPS) is 10.5. The largest absolute Gasteiger partial charge is 0.356 e. The second kappa shape index (κ2) is 7.40. The van der Waals surface area contributed by atoms with Crippen molar-refractivity contribution < 1.29 is 18.9 Å². The van der Waals surface area contributed by atoms with Gasteiger partial charge in [0.25, 0.3) is 17.6 Å². The topological polar surface area (TPSA) is 106 Å². The molecule has 142 valence electrons. The van der Waals surface area contributed by atoms with Gasteiger partial charge in [-0.3, -0.25) is 14.4 Å². The zero-order valence-electron chi connectivity index (χ0n) is 15.6. The first kappa shape index (κ1) is 18.9. The van der Waals surface area contributed by atoms with Crippen LogP contribution >= 0.6 is 0 Å². The second-order valence-electron chi connectivity index (χ2n) is 6.24. The number of hydrogen-bond donors (Lipinski definition) is 2. The highest BCUT2D eigenvalue weighted by Crippen LogP contribution is 2.24. The zero-order chi connectivity index (χ0) is 20.4. The highest BCUT2D eigenvalue weighted by molar-refractivity contribution is 6.43. The van der Waals surface area contributed by atoms with Crippen LogP contribution in [0.4, 0.5) is 5.69 Å². The van der Waals surface area contributed by atoms with E-state index >= 15 is 0 Å². The van der Waals surface area contributed by atoms with Gasteiger partial charge in [-0.1, -0.05) is 11.1 Å². The SMILES string of the molecule is C#CCNC(=O)C(=O)c1c(C)c(C(=O)Nc2ccc3oncc3c2)n(C)c1C. The molecule has 3 rings (SSSR count). The van der Waals surface area contributed by atoms with Crippen molar-refractivity contribution in [1.82, 2.24) is 15.0 Å². The highest BCUT2D eigenvalue weighted by Gasteiger charge is 2.28. The molecule has 0 spiro atoms. The maximum absolute atomic E-state index is 12.9. The lowest BCUT2D eigenvalue weighted by Crippen LogP contribution is -2.31. The minimum atomic E-state index is -0.806. The van der Waals surface area contributed by atoms with Crippen molar-refractivity contribution in [3.05, 3.63) is 46.9 Å². The van der Waals surface area contributed by atoms with Crippen LogP contribution in [0.2, 0.25) is 0 Å². The number of rotatable bonds is 5. The number of nitrogens with one attached hydrogen (secondary N) is 2. The van der Waals surface area contributed by atoms with Crippen molar-refractivity contribution in [1.29, 1.82) is 0 Å². The van der Waals surface area contributed by atoms with Crippen LogP contribution in [0.5, 0.6) is 0 Å². The van der Waals surface area contributed by atoms with Gasteiger partial charge in [-0.2, -0.15) is 0 Å². The number of carbonyl (C=O) groups is 3. The Morgan fingerprint density at radius 3 is 2.75 bits per heavy atom. The summed E-state index contributed by atoms with van der Waals surface area (Å²) in [6, 6.07) is 5.12. The molecule has 2 heterocycles. The van der Waals surface area contributed by atoms with Gasteiger partial charge < -0.3 is 19.7 Å². The van der Waals surface area contributed by atoms with Crippen LogP contribution in [0.15, 0.2) is 28.9 Å². The minimum absolute atomic E-state index is 0.0474. The summed E-state index contributed by atoms with van der Waals surface area (Å²) in [6.45, 7) is 3.26. The Kier molecular flexibility index (Phi) is 5.00. The van der Waals surface area contributed by atoms with Crippen molar-refractivity contribution >= 4 is 34.3 Å². The van der Waals surface area contributed by atoms with Gasteiger partial charge in [0, 0.05) is 23.8 Å². The van der Waals surface area contributed by atoms with Crippen LogP contribution < -0.4 is 10.6 Å².